The maximum absolute atomic E-state index is 12.0. The van der Waals surface area contributed by atoms with Crippen LogP contribution in [0.15, 0.2) is 35.7 Å². The highest BCUT2D eigenvalue weighted by molar-refractivity contribution is 7.99. The molecule has 116 valence electrons. The van der Waals surface area contributed by atoms with E-state index in [0.717, 1.165) is 10.8 Å². The minimum Gasteiger partial charge on any atom is -0.353 e. The number of nitrogens with one attached hydrogen (secondary N) is 1. The quantitative estimate of drug-likeness (QED) is 0.832. The van der Waals surface area contributed by atoms with E-state index in [-0.39, 0.29) is 11.9 Å². The van der Waals surface area contributed by atoms with Crippen molar-refractivity contribution in [3.05, 3.63) is 36.2 Å². The first-order valence-corrected chi connectivity index (χ1v) is 8.51. The number of amides is 1. The highest BCUT2D eigenvalue weighted by Crippen LogP contribution is 2.32. The lowest BCUT2D eigenvalue weighted by Gasteiger charge is -2.12. The lowest BCUT2D eigenvalue weighted by atomic mass is 10.2. The lowest BCUT2D eigenvalue weighted by Crippen LogP contribution is -2.35. The van der Waals surface area contributed by atoms with Crippen molar-refractivity contribution in [2.45, 2.75) is 37.9 Å². The van der Waals surface area contributed by atoms with Gasteiger partial charge in [0.05, 0.1) is 5.75 Å². The van der Waals surface area contributed by atoms with E-state index >= 15 is 0 Å². The molecule has 1 heterocycles. The molecule has 0 saturated heterocycles. The van der Waals surface area contributed by atoms with E-state index in [1.165, 1.54) is 30.2 Å². The molecule has 1 amide bonds. The van der Waals surface area contributed by atoms with Crippen LogP contribution in [0.25, 0.3) is 5.69 Å². The summed E-state index contributed by atoms with van der Waals surface area (Å²) >= 11 is 1.41. The number of benzene rings is 1. The molecule has 1 fully saturated rings. The summed E-state index contributed by atoms with van der Waals surface area (Å²) < 4.78 is 1.90. The predicted molar refractivity (Wildman–Crippen MR) is 87.1 cm³/mol. The van der Waals surface area contributed by atoms with Crippen LogP contribution in [-0.4, -0.2) is 32.5 Å². The fraction of sp³-hybridized carbons (Fsp3) is 0.438. The molecular formula is C16H20N4OS. The van der Waals surface area contributed by atoms with Gasteiger partial charge in [-0.2, -0.15) is 0 Å². The summed E-state index contributed by atoms with van der Waals surface area (Å²) in [5, 5.41) is 11.9. The third-order valence-electron chi connectivity index (χ3n) is 3.88. The van der Waals surface area contributed by atoms with E-state index in [1.54, 1.807) is 6.33 Å². The fourth-order valence-corrected chi connectivity index (χ4v) is 3.09. The number of rotatable bonds is 6. The molecule has 0 bridgehead atoms. The second kappa shape index (κ2) is 6.52. The zero-order valence-electron chi connectivity index (χ0n) is 12.8. The van der Waals surface area contributed by atoms with Crippen LogP contribution < -0.4 is 5.32 Å². The van der Waals surface area contributed by atoms with Crippen LogP contribution in [0.5, 0.6) is 0 Å². The smallest absolute Gasteiger partial charge is 0.230 e. The zero-order chi connectivity index (χ0) is 15.5. The van der Waals surface area contributed by atoms with Gasteiger partial charge in [0.15, 0.2) is 5.16 Å². The zero-order valence-corrected chi connectivity index (χ0v) is 13.6. The molecule has 1 N–H and O–H groups in total. The number of thioether (sulfide) groups is 1. The van der Waals surface area contributed by atoms with Crippen molar-refractivity contribution >= 4 is 17.7 Å². The predicted octanol–water partition coefficient (Wildman–Crippen LogP) is 2.58. The van der Waals surface area contributed by atoms with Crippen LogP contribution in [0, 0.1) is 12.8 Å². The first-order valence-electron chi connectivity index (χ1n) is 7.52. The molecule has 0 radical (unpaired) electrons. The first-order chi connectivity index (χ1) is 10.6. The summed E-state index contributed by atoms with van der Waals surface area (Å²) in [6.45, 7) is 4.13. The number of nitrogens with zero attached hydrogens (tertiary/aromatic N) is 3. The van der Waals surface area contributed by atoms with Gasteiger partial charge in [-0.1, -0.05) is 29.5 Å². The Morgan fingerprint density at radius 2 is 2.14 bits per heavy atom. The van der Waals surface area contributed by atoms with Crippen LogP contribution in [0.3, 0.4) is 0 Å². The Kier molecular flexibility index (Phi) is 4.47. The van der Waals surface area contributed by atoms with Gasteiger partial charge in [0.1, 0.15) is 6.33 Å². The number of aromatic nitrogens is 3. The van der Waals surface area contributed by atoms with Gasteiger partial charge >= 0.3 is 0 Å². The van der Waals surface area contributed by atoms with Crippen LogP contribution in [-0.2, 0) is 4.79 Å². The third kappa shape index (κ3) is 3.68. The van der Waals surface area contributed by atoms with Crippen LogP contribution in [0.4, 0.5) is 0 Å². The molecule has 6 heteroatoms. The molecule has 1 unspecified atom stereocenters. The van der Waals surface area contributed by atoms with Gasteiger partial charge < -0.3 is 5.32 Å². The Labute approximate surface area is 134 Å². The van der Waals surface area contributed by atoms with E-state index in [2.05, 4.69) is 29.4 Å². The average Bonchev–Trinajstić information content (AvgIpc) is 3.25. The van der Waals surface area contributed by atoms with Crippen molar-refractivity contribution in [3.63, 3.8) is 0 Å². The largest absolute Gasteiger partial charge is 0.353 e. The molecule has 3 rings (SSSR count). The summed E-state index contributed by atoms with van der Waals surface area (Å²) in [5.41, 5.74) is 2.21. The standard InChI is InChI=1S/C16H20N4OS/c1-11-3-7-14(8-4-11)20-10-17-19-16(20)22-9-15(21)18-12(2)13-5-6-13/h3-4,7-8,10,12-13H,5-6,9H2,1-2H3,(H,18,21). The normalized spacial score (nSPS) is 15.5. The lowest BCUT2D eigenvalue weighted by molar-refractivity contribution is -0.119. The molecule has 2 aromatic rings. The van der Waals surface area contributed by atoms with Crippen molar-refractivity contribution < 1.29 is 4.79 Å². The molecule has 1 aliphatic carbocycles. The molecule has 0 aliphatic heterocycles. The molecular weight excluding hydrogens is 296 g/mol. The van der Waals surface area contributed by atoms with E-state index < -0.39 is 0 Å². The van der Waals surface area contributed by atoms with E-state index in [0.29, 0.717) is 11.7 Å². The number of carbonyl (C=O) groups is 1. The van der Waals surface area contributed by atoms with E-state index in [1.807, 2.05) is 28.8 Å². The van der Waals surface area contributed by atoms with Crippen molar-refractivity contribution in [1.82, 2.24) is 20.1 Å². The second-order valence-corrected chi connectivity index (χ2v) is 6.74. The van der Waals surface area contributed by atoms with Gasteiger partial charge in [-0.25, -0.2) is 0 Å². The minimum atomic E-state index is 0.0582. The van der Waals surface area contributed by atoms with Crippen LogP contribution in [0.1, 0.15) is 25.3 Å². The van der Waals surface area contributed by atoms with Gasteiger partial charge in [-0.05, 0) is 44.7 Å². The van der Waals surface area contributed by atoms with E-state index in [9.17, 15) is 4.79 Å². The van der Waals surface area contributed by atoms with Gasteiger partial charge in [-0.3, -0.25) is 9.36 Å². The summed E-state index contributed by atoms with van der Waals surface area (Å²) in [4.78, 5) is 12.0. The first kappa shape index (κ1) is 15.1. The highest BCUT2D eigenvalue weighted by Gasteiger charge is 2.28. The fourth-order valence-electron chi connectivity index (χ4n) is 2.35. The molecule has 1 aromatic carbocycles. The Hall–Kier alpha value is -1.82. The molecule has 1 aromatic heterocycles. The topological polar surface area (TPSA) is 59.8 Å². The van der Waals surface area contributed by atoms with Gasteiger partial charge in [0.25, 0.3) is 0 Å². The molecule has 0 spiro atoms. The summed E-state index contributed by atoms with van der Waals surface area (Å²) in [5.74, 6) is 1.09. The summed E-state index contributed by atoms with van der Waals surface area (Å²) in [6.07, 6.45) is 4.14. The SMILES string of the molecule is Cc1ccc(-n2cnnc2SCC(=O)NC(C)C2CC2)cc1. The Bertz CT molecular complexity index is 648. The Morgan fingerprint density at radius 1 is 1.41 bits per heavy atom. The van der Waals surface area contributed by atoms with Crippen LogP contribution >= 0.6 is 11.8 Å². The van der Waals surface area contributed by atoms with Crippen molar-refractivity contribution in [2.75, 3.05) is 5.75 Å². The number of aryl methyl sites for hydroxylation is 1. The van der Waals surface area contributed by atoms with Gasteiger partial charge in [0, 0.05) is 11.7 Å². The minimum absolute atomic E-state index is 0.0582. The maximum Gasteiger partial charge on any atom is 0.230 e. The number of carbonyl (C=O) groups excluding carboxylic acids is 1. The Morgan fingerprint density at radius 3 is 2.82 bits per heavy atom. The molecule has 1 aliphatic rings. The third-order valence-corrected chi connectivity index (χ3v) is 4.82. The molecule has 1 saturated carbocycles. The molecule has 5 nitrogen and oxygen atoms in total. The summed E-state index contributed by atoms with van der Waals surface area (Å²) in [7, 11) is 0. The number of hydrogen-bond donors (Lipinski definition) is 1. The highest BCUT2D eigenvalue weighted by atomic mass is 32.2. The summed E-state index contributed by atoms with van der Waals surface area (Å²) in [6, 6.07) is 8.43. The molecule has 1 atom stereocenters. The number of hydrogen-bond acceptors (Lipinski definition) is 4. The second-order valence-electron chi connectivity index (χ2n) is 5.80. The van der Waals surface area contributed by atoms with Crippen molar-refractivity contribution in [1.29, 1.82) is 0 Å². The van der Waals surface area contributed by atoms with Gasteiger partial charge in [0.2, 0.25) is 5.91 Å². The maximum atomic E-state index is 12.0. The monoisotopic (exact) mass is 316 g/mol. The van der Waals surface area contributed by atoms with Crippen LogP contribution in [0.2, 0.25) is 0 Å². The Balaban J connectivity index is 1.60. The van der Waals surface area contributed by atoms with Gasteiger partial charge in [-0.15, -0.1) is 10.2 Å². The average molecular weight is 316 g/mol. The van der Waals surface area contributed by atoms with Crippen molar-refractivity contribution in [3.8, 4) is 5.69 Å². The van der Waals surface area contributed by atoms with E-state index in [4.69, 9.17) is 0 Å². The molecule has 22 heavy (non-hydrogen) atoms. The van der Waals surface area contributed by atoms with Crippen molar-refractivity contribution in [2.24, 2.45) is 5.92 Å².